The molecule has 0 aromatic heterocycles. The zero-order chi connectivity index (χ0) is 9.14. The van der Waals surface area contributed by atoms with Gasteiger partial charge in [0.1, 0.15) is 11.9 Å². The van der Waals surface area contributed by atoms with Crippen LogP contribution in [0.3, 0.4) is 0 Å². The summed E-state index contributed by atoms with van der Waals surface area (Å²) < 4.78 is 12.9. The summed E-state index contributed by atoms with van der Waals surface area (Å²) in [5.41, 5.74) is 6.44. The van der Waals surface area contributed by atoms with E-state index in [0.29, 0.717) is 11.1 Å². The van der Waals surface area contributed by atoms with Crippen molar-refractivity contribution in [1.29, 1.82) is 5.26 Å². The summed E-state index contributed by atoms with van der Waals surface area (Å²) in [4.78, 5) is 0. The molecule has 12 heavy (non-hydrogen) atoms. The van der Waals surface area contributed by atoms with E-state index in [2.05, 4.69) is 0 Å². The third-order valence-corrected chi connectivity index (χ3v) is 1.78. The standard InChI is InChI=1S/C9H9FN2/c1-6-7(9(12)5-11)3-2-4-8(6)10/h2-4,9H,12H2,1H3/t9-/m0/s1. The first-order valence-electron chi connectivity index (χ1n) is 3.57. The van der Waals surface area contributed by atoms with Gasteiger partial charge in [0.2, 0.25) is 0 Å². The van der Waals surface area contributed by atoms with Gasteiger partial charge in [-0.05, 0) is 24.1 Å². The summed E-state index contributed by atoms with van der Waals surface area (Å²) in [5.74, 6) is -0.321. The van der Waals surface area contributed by atoms with Gasteiger partial charge in [-0.25, -0.2) is 4.39 Å². The Hall–Kier alpha value is -1.40. The molecule has 1 rings (SSSR count). The molecule has 0 saturated heterocycles. The Labute approximate surface area is 70.4 Å². The van der Waals surface area contributed by atoms with Gasteiger partial charge in [0.15, 0.2) is 0 Å². The van der Waals surface area contributed by atoms with Crippen molar-refractivity contribution in [2.75, 3.05) is 0 Å². The van der Waals surface area contributed by atoms with Crippen molar-refractivity contribution in [2.45, 2.75) is 13.0 Å². The third kappa shape index (κ3) is 1.44. The minimum Gasteiger partial charge on any atom is -0.312 e. The van der Waals surface area contributed by atoms with Crippen LogP contribution in [0.2, 0.25) is 0 Å². The first-order chi connectivity index (χ1) is 5.66. The second kappa shape index (κ2) is 3.33. The Morgan fingerprint density at radius 2 is 2.25 bits per heavy atom. The van der Waals surface area contributed by atoms with Gasteiger partial charge in [-0.3, -0.25) is 0 Å². The quantitative estimate of drug-likeness (QED) is 0.686. The molecule has 2 N–H and O–H groups in total. The first kappa shape index (κ1) is 8.69. The minimum atomic E-state index is -0.735. The van der Waals surface area contributed by atoms with Gasteiger partial charge in [-0.1, -0.05) is 12.1 Å². The van der Waals surface area contributed by atoms with Gasteiger partial charge in [0, 0.05) is 0 Å². The summed E-state index contributed by atoms with van der Waals surface area (Å²) in [7, 11) is 0. The van der Waals surface area contributed by atoms with Crippen LogP contribution in [0.5, 0.6) is 0 Å². The highest BCUT2D eigenvalue weighted by Gasteiger charge is 2.09. The fourth-order valence-corrected chi connectivity index (χ4v) is 1.03. The molecule has 1 aromatic rings. The molecule has 0 radical (unpaired) electrons. The predicted molar refractivity (Wildman–Crippen MR) is 43.7 cm³/mol. The molecule has 2 nitrogen and oxygen atoms in total. The topological polar surface area (TPSA) is 49.8 Å². The molecule has 1 atom stereocenters. The maximum Gasteiger partial charge on any atom is 0.126 e. The van der Waals surface area contributed by atoms with Gasteiger partial charge in [0.05, 0.1) is 6.07 Å². The molecule has 0 unspecified atom stereocenters. The zero-order valence-electron chi connectivity index (χ0n) is 6.71. The number of halogens is 1. The van der Waals surface area contributed by atoms with Gasteiger partial charge < -0.3 is 5.73 Å². The molecular formula is C9H9FN2. The van der Waals surface area contributed by atoms with Gasteiger partial charge in [0.25, 0.3) is 0 Å². The molecule has 0 amide bonds. The highest BCUT2D eigenvalue weighted by molar-refractivity contribution is 5.32. The summed E-state index contributed by atoms with van der Waals surface area (Å²) >= 11 is 0. The van der Waals surface area contributed by atoms with E-state index < -0.39 is 6.04 Å². The van der Waals surface area contributed by atoms with Crippen molar-refractivity contribution in [3.8, 4) is 6.07 Å². The van der Waals surface area contributed by atoms with E-state index in [-0.39, 0.29) is 5.82 Å². The third-order valence-electron chi connectivity index (χ3n) is 1.78. The van der Waals surface area contributed by atoms with Crippen LogP contribution in [-0.2, 0) is 0 Å². The molecule has 1 aromatic carbocycles. The minimum absolute atomic E-state index is 0.321. The highest BCUT2D eigenvalue weighted by atomic mass is 19.1. The van der Waals surface area contributed by atoms with Crippen molar-refractivity contribution in [3.05, 3.63) is 35.1 Å². The van der Waals surface area contributed by atoms with Gasteiger partial charge in [-0.2, -0.15) is 5.26 Å². The van der Waals surface area contributed by atoms with Gasteiger partial charge >= 0.3 is 0 Å². The predicted octanol–water partition coefficient (Wildman–Crippen LogP) is 1.66. The molecule has 0 aliphatic heterocycles. The molecule has 0 spiro atoms. The van der Waals surface area contributed by atoms with Crippen LogP contribution < -0.4 is 5.73 Å². The van der Waals surface area contributed by atoms with Crippen LogP contribution in [-0.4, -0.2) is 0 Å². The molecule has 0 fully saturated rings. The Bertz CT molecular complexity index is 328. The van der Waals surface area contributed by atoms with E-state index >= 15 is 0 Å². The van der Waals surface area contributed by atoms with E-state index in [1.807, 2.05) is 6.07 Å². The lowest BCUT2D eigenvalue weighted by Crippen LogP contribution is -2.09. The SMILES string of the molecule is Cc1c(F)cccc1[C@@H](N)C#N. The maximum absolute atomic E-state index is 12.9. The van der Waals surface area contributed by atoms with Crippen molar-refractivity contribution in [3.63, 3.8) is 0 Å². The average molecular weight is 164 g/mol. The molecule has 0 heterocycles. The Kier molecular flexibility index (Phi) is 2.41. The second-order valence-electron chi connectivity index (χ2n) is 2.56. The van der Waals surface area contributed by atoms with Crippen LogP contribution >= 0.6 is 0 Å². The molecule has 3 heteroatoms. The van der Waals surface area contributed by atoms with Crippen LogP contribution in [0, 0.1) is 24.1 Å². The van der Waals surface area contributed by atoms with Crippen molar-refractivity contribution in [2.24, 2.45) is 5.73 Å². The summed E-state index contributed by atoms with van der Waals surface area (Å²) in [5, 5.41) is 8.51. The van der Waals surface area contributed by atoms with Crippen LogP contribution in [0.1, 0.15) is 17.2 Å². The smallest absolute Gasteiger partial charge is 0.126 e. The number of nitrogens with zero attached hydrogens (tertiary/aromatic N) is 1. The van der Waals surface area contributed by atoms with E-state index in [9.17, 15) is 4.39 Å². The number of nitrogens with two attached hydrogens (primary N) is 1. The Balaban J connectivity index is 3.18. The molecule has 62 valence electrons. The van der Waals surface area contributed by atoms with Gasteiger partial charge in [-0.15, -0.1) is 0 Å². The van der Waals surface area contributed by atoms with E-state index in [0.717, 1.165) is 0 Å². The summed E-state index contributed by atoms with van der Waals surface area (Å²) in [6, 6.07) is 5.68. The van der Waals surface area contributed by atoms with Crippen LogP contribution in [0.15, 0.2) is 18.2 Å². The number of benzene rings is 1. The number of hydrogen-bond acceptors (Lipinski definition) is 2. The lowest BCUT2D eigenvalue weighted by molar-refractivity contribution is 0.614. The van der Waals surface area contributed by atoms with Crippen molar-refractivity contribution in [1.82, 2.24) is 0 Å². The number of hydrogen-bond donors (Lipinski definition) is 1. The molecule has 0 aliphatic rings. The van der Waals surface area contributed by atoms with Crippen LogP contribution in [0.4, 0.5) is 4.39 Å². The Morgan fingerprint density at radius 1 is 1.58 bits per heavy atom. The molecular weight excluding hydrogens is 155 g/mol. The molecule has 0 saturated carbocycles. The highest BCUT2D eigenvalue weighted by Crippen LogP contribution is 2.17. The second-order valence-corrected chi connectivity index (χ2v) is 2.56. The normalized spacial score (nSPS) is 12.2. The van der Waals surface area contributed by atoms with E-state index in [1.165, 1.54) is 6.07 Å². The summed E-state index contributed by atoms with van der Waals surface area (Å²) in [6.45, 7) is 1.61. The van der Waals surface area contributed by atoms with E-state index in [1.54, 1.807) is 19.1 Å². The first-order valence-corrected chi connectivity index (χ1v) is 3.57. The number of nitriles is 1. The van der Waals surface area contributed by atoms with E-state index in [4.69, 9.17) is 11.0 Å². The monoisotopic (exact) mass is 164 g/mol. The molecule has 0 aliphatic carbocycles. The number of rotatable bonds is 1. The average Bonchev–Trinajstić information content (AvgIpc) is 2.08. The lowest BCUT2D eigenvalue weighted by atomic mass is 10.0. The fraction of sp³-hybridized carbons (Fsp3) is 0.222. The van der Waals surface area contributed by atoms with Crippen molar-refractivity contribution < 1.29 is 4.39 Å². The fourth-order valence-electron chi connectivity index (χ4n) is 1.03. The zero-order valence-corrected chi connectivity index (χ0v) is 6.71. The molecule has 0 bridgehead atoms. The summed E-state index contributed by atoms with van der Waals surface area (Å²) in [6.07, 6.45) is 0. The maximum atomic E-state index is 12.9. The largest absolute Gasteiger partial charge is 0.312 e. The van der Waals surface area contributed by atoms with Crippen LogP contribution in [0.25, 0.3) is 0 Å². The Morgan fingerprint density at radius 3 is 2.83 bits per heavy atom. The van der Waals surface area contributed by atoms with Crippen molar-refractivity contribution >= 4 is 0 Å². The lowest BCUT2D eigenvalue weighted by Gasteiger charge is -2.06.